The van der Waals surface area contributed by atoms with Crippen molar-refractivity contribution in [2.45, 2.75) is 71.1 Å². The molecule has 1 aliphatic rings. The molecule has 6 heteroatoms. The summed E-state index contributed by atoms with van der Waals surface area (Å²) >= 11 is 0. The van der Waals surface area contributed by atoms with Crippen molar-refractivity contribution < 1.29 is 24.2 Å². The van der Waals surface area contributed by atoms with Crippen molar-refractivity contribution in [3.05, 3.63) is 0 Å². The number of carbonyl (C=O) groups is 2. The van der Waals surface area contributed by atoms with E-state index in [2.05, 4.69) is 0 Å². The van der Waals surface area contributed by atoms with Crippen LogP contribution in [0, 0.1) is 0 Å². The average Bonchev–Trinajstić information content (AvgIpc) is 2.66. The highest BCUT2D eigenvalue weighted by Crippen LogP contribution is 2.38. The molecule has 1 fully saturated rings. The van der Waals surface area contributed by atoms with Crippen molar-refractivity contribution in [1.29, 1.82) is 0 Å². The average molecular weight is 301 g/mol. The maximum atomic E-state index is 12.5. The minimum atomic E-state index is -1.12. The molecule has 0 saturated carbocycles. The molecular weight excluding hydrogens is 274 g/mol. The number of carbonyl (C=O) groups excluding carboxylic acids is 2. The molecule has 1 N–H and O–H groups in total. The van der Waals surface area contributed by atoms with E-state index < -0.39 is 23.2 Å². The van der Waals surface area contributed by atoms with Gasteiger partial charge in [-0.2, -0.15) is 0 Å². The Balaban J connectivity index is 3.09. The Labute approximate surface area is 126 Å². The topological polar surface area (TPSA) is 76.1 Å². The summed E-state index contributed by atoms with van der Waals surface area (Å²) in [6.45, 7) is 8.99. The molecule has 6 nitrogen and oxygen atoms in total. The Bertz CT molecular complexity index is 386. The maximum absolute atomic E-state index is 12.5. The summed E-state index contributed by atoms with van der Waals surface area (Å²) in [5.74, 6) is -0.464. The number of rotatable bonds is 4. The molecule has 1 aliphatic heterocycles. The van der Waals surface area contributed by atoms with E-state index in [-0.39, 0.29) is 25.7 Å². The van der Waals surface area contributed by atoms with Gasteiger partial charge in [0.1, 0.15) is 11.1 Å². The Hall–Kier alpha value is -1.30. The summed E-state index contributed by atoms with van der Waals surface area (Å²) in [5, 5.41) is 9.34. The van der Waals surface area contributed by atoms with Crippen LogP contribution in [0.25, 0.3) is 0 Å². The fourth-order valence-electron chi connectivity index (χ4n) is 2.78. The molecule has 1 rings (SSSR count). The Morgan fingerprint density at radius 3 is 2.48 bits per heavy atom. The van der Waals surface area contributed by atoms with Crippen molar-refractivity contribution in [2.75, 3.05) is 13.2 Å². The van der Waals surface area contributed by atoms with Crippen LogP contribution in [0.2, 0.25) is 0 Å². The summed E-state index contributed by atoms with van der Waals surface area (Å²) in [5.41, 5.74) is -1.76. The SMILES string of the molecule is CCOC(=O)C1(CCO)CCC(C)N1C(=O)OC(C)(C)C. The third-order valence-electron chi connectivity index (χ3n) is 3.65. The largest absolute Gasteiger partial charge is 0.464 e. The number of nitrogens with zero attached hydrogens (tertiary/aromatic N) is 1. The van der Waals surface area contributed by atoms with Gasteiger partial charge in [-0.05, 0) is 47.5 Å². The highest BCUT2D eigenvalue weighted by molar-refractivity contribution is 5.87. The minimum absolute atomic E-state index is 0.129. The number of hydrogen-bond donors (Lipinski definition) is 1. The first-order valence-electron chi connectivity index (χ1n) is 7.48. The molecule has 122 valence electrons. The molecule has 1 amide bonds. The van der Waals surface area contributed by atoms with Crippen LogP contribution in [0.1, 0.15) is 53.9 Å². The van der Waals surface area contributed by atoms with Gasteiger partial charge >= 0.3 is 12.1 Å². The van der Waals surface area contributed by atoms with E-state index in [4.69, 9.17) is 9.47 Å². The van der Waals surface area contributed by atoms with Crippen LogP contribution < -0.4 is 0 Å². The second-order valence-corrected chi connectivity index (χ2v) is 6.46. The van der Waals surface area contributed by atoms with Crippen molar-refractivity contribution >= 4 is 12.1 Å². The molecule has 0 spiro atoms. The zero-order valence-corrected chi connectivity index (χ0v) is 13.6. The van der Waals surface area contributed by atoms with E-state index >= 15 is 0 Å². The molecule has 21 heavy (non-hydrogen) atoms. The molecular formula is C15H27NO5. The molecule has 1 heterocycles. The van der Waals surface area contributed by atoms with Crippen molar-refractivity contribution in [1.82, 2.24) is 4.90 Å². The van der Waals surface area contributed by atoms with E-state index in [1.54, 1.807) is 27.7 Å². The van der Waals surface area contributed by atoms with E-state index in [9.17, 15) is 14.7 Å². The first kappa shape index (κ1) is 17.8. The molecule has 0 aromatic carbocycles. The Morgan fingerprint density at radius 2 is 2.00 bits per heavy atom. The first-order chi connectivity index (χ1) is 9.68. The molecule has 0 radical (unpaired) electrons. The fourth-order valence-corrected chi connectivity index (χ4v) is 2.78. The van der Waals surface area contributed by atoms with Gasteiger partial charge in [-0.3, -0.25) is 4.90 Å². The zero-order chi connectivity index (χ0) is 16.3. The molecule has 0 bridgehead atoms. The molecule has 1 saturated heterocycles. The smallest absolute Gasteiger partial charge is 0.411 e. The summed E-state index contributed by atoms with van der Waals surface area (Å²) < 4.78 is 10.6. The van der Waals surface area contributed by atoms with E-state index in [1.807, 2.05) is 6.92 Å². The molecule has 0 aliphatic carbocycles. The van der Waals surface area contributed by atoms with Gasteiger partial charge in [0, 0.05) is 19.1 Å². The van der Waals surface area contributed by atoms with Gasteiger partial charge in [-0.15, -0.1) is 0 Å². The quantitative estimate of drug-likeness (QED) is 0.805. The van der Waals surface area contributed by atoms with Gasteiger partial charge in [0.2, 0.25) is 0 Å². The number of amides is 1. The fraction of sp³-hybridized carbons (Fsp3) is 0.867. The van der Waals surface area contributed by atoms with Crippen LogP contribution in [-0.4, -0.2) is 52.5 Å². The van der Waals surface area contributed by atoms with Gasteiger partial charge in [-0.1, -0.05) is 0 Å². The van der Waals surface area contributed by atoms with Gasteiger partial charge < -0.3 is 14.6 Å². The van der Waals surface area contributed by atoms with Gasteiger partial charge in [0.25, 0.3) is 0 Å². The molecule has 2 unspecified atom stereocenters. The predicted molar refractivity (Wildman–Crippen MR) is 77.8 cm³/mol. The van der Waals surface area contributed by atoms with Crippen LogP contribution in [0.15, 0.2) is 0 Å². The van der Waals surface area contributed by atoms with Crippen LogP contribution >= 0.6 is 0 Å². The lowest BCUT2D eigenvalue weighted by Gasteiger charge is -2.38. The molecule has 0 aromatic rings. The summed E-state index contributed by atoms with van der Waals surface area (Å²) in [4.78, 5) is 26.3. The van der Waals surface area contributed by atoms with Gasteiger partial charge in [-0.25, -0.2) is 9.59 Å². The Morgan fingerprint density at radius 1 is 1.38 bits per heavy atom. The first-order valence-corrected chi connectivity index (χ1v) is 7.48. The van der Waals surface area contributed by atoms with Crippen LogP contribution in [-0.2, 0) is 14.3 Å². The monoisotopic (exact) mass is 301 g/mol. The second kappa shape index (κ2) is 6.64. The summed E-state index contributed by atoms with van der Waals surface area (Å²) in [6.07, 6.45) is 0.786. The van der Waals surface area contributed by atoms with Crippen molar-refractivity contribution in [2.24, 2.45) is 0 Å². The normalized spacial score (nSPS) is 25.8. The third-order valence-corrected chi connectivity index (χ3v) is 3.65. The standard InChI is InChI=1S/C15H27NO5/c1-6-20-12(18)15(9-10-17)8-7-11(2)16(15)13(19)21-14(3,4)5/h11,17H,6-10H2,1-5H3. The van der Waals surface area contributed by atoms with Crippen molar-refractivity contribution in [3.8, 4) is 0 Å². The number of hydrogen-bond acceptors (Lipinski definition) is 5. The number of aliphatic hydroxyl groups excluding tert-OH is 1. The number of esters is 1. The summed E-state index contributed by atoms with van der Waals surface area (Å²) in [7, 11) is 0. The Kier molecular flexibility index (Phi) is 5.61. The third kappa shape index (κ3) is 3.87. The number of aliphatic hydroxyl groups is 1. The van der Waals surface area contributed by atoms with Crippen LogP contribution in [0.3, 0.4) is 0 Å². The predicted octanol–water partition coefficient (Wildman–Crippen LogP) is 2.09. The number of likely N-dealkylation sites (tertiary alicyclic amines) is 1. The van der Waals surface area contributed by atoms with E-state index in [0.717, 1.165) is 0 Å². The lowest BCUT2D eigenvalue weighted by molar-refractivity contribution is -0.157. The molecule has 2 atom stereocenters. The van der Waals surface area contributed by atoms with Gasteiger partial charge in [0.15, 0.2) is 0 Å². The lowest BCUT2D eigenvalue weighted by Crippen LogP contribution is -2.57. The van der Waals surface area contributed by atoms with Crippen LogP contribution in [0.5, 0.6) is 0 Å². The lowest BCUT2D eigenvalue weighted by atomic mass is 9.92. The minimum Gasteiger partial charge on any atom is -0.464 e. The van der Waals surface area contributed by atoms with Gasteiger partial charge in [0.05, 0.1) is 6.61 Å². The van der Waals surface area contributed by atoms with E-state index in [0.29, 0.717) is 12.8 Å². The van der Waals surface area contributed by atoms with Crippen LogP contribution in [0.4, 0.5) is 4.79 Å². The zero-order valence-electron chi connectivity index (χ0n) is 13.6. The highest BCUT2D eigenvalue weighted by Gasteiger charge is 2.54. The van der Waals surface area contributed by atoms with Crippen molar-refractivity contribution in [3.63, 3.8) is 0 Å². The summed E-state index contributed by atoms with van der Waals surface area (Å²) in [6, 6.07) is -0.129. The van der Waals surface area contributed by atoms with E-state index in [1.165, 1.54) is 4.90 Å². The highest BCUT2D eigenvalue weighted by atomic mass is 16.6. The maximum Gasteiger partial charge on any atom is 0.411 e. The molecule has 0 aromatic heterocycles. The second-order valence-electron chi connectivity index (χ2n) is 6.46. The number of ether oxygens (including phenoxy) is 2.